The minimum Gasteiger partial charge on any atom is -0.422 e. The Morgan fingerprint density at radius 3 is 2.53 bits per heavy atom. The van der Waals surface area contributed by atoms with E-state index in [4.69, 9.17) is 30.6 Å². The molecular weight excluding hydrogens is 253 g/mol. The van der Waals surface area contributed by atoms with Gasteiger partial charge < -0.3 is 13.6 Å². The second-order valence-electron chi connectivity index (χ2n) is 2.57. The molecule has 0 radical (unpaired) electrons. The highest BCUT2D eigenvalue weighted by atomic mass is 32.5. The van der Waals surface area contributed by atoms with E-state index in [1.54, 1.807) is 6.07 Å². The first kappa shape index (κ1) is 12.6. The van der Waals surface area contributed by atoms with Crippen molar-refractivity contribution in [3.05, 3.63) is 15.8 Å². The summed E-state index contributed by atoms with van der Waals surface area (Å²) in [6, 6.07) is 3.79. The predicted octanol–water partition coefficient (Wildman–Crippen LogP) is 2.82. The third kappa shape index (κ3) is 3.00. The minimum atomic E-state index is -2.74. The standard InChI is InChI=1S/C8H10NO3PS2/c1-6-4-7(8(5-9)15-6)12-13(14,10-2)11-3/h4H,1-3H3. The summed E-state index contributed by atoms with van der Waals surface area (Å²) in [6.07, 6.45) is 0. The zero-order chi connectivity index (χ0) is 11.5. The van der Waals surface area contributed by atoms with Gasteiger partial charge in [0.2, 0.25) is 0 Å². The number of hydrogen-bond acceptors (Lipinski definition) is 6. The summed E-state index contributed by atoms with van der Waals surface area (Å²) < 4.78 is 15.4. The van der Waals surface area contributed by atoms with E-state index in [1.807, 2.05) is 13.0 Å². The summed E-state index contributed by atoms with van der Waals surface area (Å²) in [7, 11) is 2.85. The van der Waals surface area contributed by atoms with E-state index in [-0.39, 0.29) is 0 Å². The van der Waals surface area contributed by atoms with E-state index in [0.29, 0.717) is 10.6 Å². The average molecular weight is 263 g/mol. The zero-order valence-corrected chi connectivity index (χ0v) is 11.0. The zero-order valence-electron chi connectivity index (χ0n) is 8.51. The summed E-state index contributed by atoms with van der Waals surface area (Å²) in [5, 5.41) is 8.85. The number of hydrogen-bond donors (Lipinski definition) is 0. The van der Waals surface area contributed by atoms with Gasteiger partial charge in [-0.1, -0.05) is 0 Å². The Balaban J connectivity index is 2.99. The third-order valence-electron chi connectivity index (χ3n) is 1.58. The molecule has 7 heteroatoms. The van der Waals surface area contributed by atoms with Crippen molar-refractivity contribution >= 4 is 29.9 Å². The first-order chi connectivity index (χ1) is 7.04. The molecule has 0 aliphatic heterocycles. The van der Waals surface area contributed by atoms with Gasteiger partial charge in [0.25, 0.3) is 0 Å². The van der Waals surface area contributed by atoms with Crippen LogP contribution in [0.4, 0.5) is 0 Å². The lowest BCUT2D eigenvalue weighted by molar-refractivity contribution is 0.273. The molecular formula is C8H10NO3PS2. The maximum absolute atomic E-state index is 8.85. The molecule has 0 aliphatic rings. The maximum Gasteiger partial charge on any atom is 0.380 e. The average Bonchev–Trinajstić information content (AvgIpc) is 2.58. The molecule has 4 nitrogen and oxygen atoms in total. The van der Waals surface area contributed by atoms with E-state index >= 15 is 0 Å². The van der Waals surface area contributed by atoms with Gasteiger partial charge in [0.05, 0.1) is 0 Å². The normalized spacial score (nSPS) is 11.1. The Hall–Kier alpha value is -0.440. The molecule has 82 valence electrons. The Kier molecular flexibility index (Phi) is 4.26. The molecule has 1 rings (SSSR count). The van der Waals surface area contributed by atoms with E-state index < -0.39 is 6.72 Å². The monoisotopic (exact) mass is 263 g/mol. The van der Waals surface area contributed by atoms with Crippen LogP contribution >= 0.6 is 18.1 Å². The van der Waals surface area contributed by atoms with Gasteiger partial charge in [-0.25, -0.2) is 0 Å². The van der Waals surface area contributed by atoms with Crippen LogP contribution in [0.2, 0.25) is 0 Å². The lowest BCUT2D eigenvalue weighted by atomic mass is 10.4. The first-order valence-corrected chi connectivity index (χ1v) is 7.33. The first-order valence-electron chi connectivity index (χ1n) is 3.96. The van der Waals surface area contributed by atoms with E-state index in [2.05, 4.69) is 0 Å². The van der Waals surface area contributed by atoms with E-state index in [0.717, 1.165) is 4.88 Å². The van der Waals surface area contributed by atoms with Gasteiger partial charge in [-0.3, -0.25) is 0 Å². The molecule has 0 fully saturated rings. The van der Waals surface area contributed by atoms with Crippen LogP contribution in [0.1, 0.15) is 9.75 Å². The van der Waals surface area contributed by atoms with Gasteiger partial charge in [-0.2, -0.15) is 5.26 Å². The van der Waals surface area contributed by atoms with Crippen LogP contribution in [-0.4, -0.2) is 14.2 Å². The Bertz CT molecular complexity index is 430. The molecule has 0 N–H and O–H groups in total. The highest BCUT2D eigenvalue weighted by Crippen LogP contribution is 2.49. The number of thiophene rings is 1. The van der Waals surface area contributed by atoms with Crippen LogP contribution in [0.3, 0.4) is 0 Å². The molecule has 0 amide bonds. The van der Waals surface area contributed by atoms with Gasteiger partial charge in [-0.05, 0) is 13.0 Å². The fraction of sp³-hybridized carbons (Fsp3) is 0.375. The number of rotatable bonds is 4. The van der Waals surface area contributed by atoms with Crippen LogP contribution in [-0.2, 0) is 20.9 Å². The number of nitrogens with zero attached hydrogens (tertiary/aromatic N) is 1. The summed E-state index contributed by atoms with van der Waals surface area (Å²) >= 11 is 6.39. The molecule has 0 spiro atoms. The highest BCUT2D eigenvalue weighted by Gasteiger charge is 2.21. The molecule has 0 aromatic carbocycles. The maximum atomic E-state index is 8.85. The van der Waals surface area contributed by atoms with Crippen LogP contribution in [0.5, 0.6) is 5.75 Å². The Labute approximate surface area is 97.6 Å². The van der Waals surface area contributed by atoms with Crippen molar-refractivity contribution < 1.29 is 13.6 Å². The minimum absolute atomic E-state index is 0.437. The summed E-state index contributed by atoms with van der Waals surface area (Å²) in [5.74, 6) is 0.437. The van der Waals surface area contributed by atoms with Crippen molar-refractivity contribution in [3.63, 3.8) is 0 Å². The molecule has 1 aromatic rings. The molecule has 1 aromatic heterocycles. The SMILES string of the molecule is COP(=S)(OC)Oc1cc(C)sc1C#N. The van der Waals surface area contributed by atoms with Gasteiger partial charge in [0, 0.05) is 30.9 Å². The third-order valence-corrected chi connectivity index (χ3v) is 4.95. The fourth-order valence-corrected chi connectivity index (χ4v) is 2.63. The number of nitriles is 1. The van der Waals surface area contributed by atoms with E-state index in [1.165, 1.54) is 25.6 Å². The summed E-state index contributed by atoms with van der Waals surface area (Å²) in [4.78, 5) is 1.46. The second kappa shape index (κ2) is 5.06. The smallest absolute Gasteiger partial charge is 0.380 e. The van der Waals surface area contributed by atoms with Crippen molar-refractivity contribution in [1.29, 1.82) is 5.26 Å². The highest BCUT2D eigenvalue weighted by molar-refractivity contribution is 8.07. The predicted molar refractivity (Wildman–Crippen MR) is 62.7 cm³/mol. The van der Waals surface area contributed by atoms with Crippen LogP contribution in [0.25, 0.3) is 0 Å². The van der Waals surface area contributed by atoms with Crippen molar-refractivity contribution in [3.8, 4) is 11.8 Å². The molecule has 0 atom stereocenters. The fourth-order valence-electron chi connectivity index (χ4n) is 0.906. The van der Waals surface area contributed by atoms with Crippen molar-refractivity contribution in [1.82, 2.24) is 0 Å². The van der Waals surface area contributed by atoms with E-state index in [9.17, 15) is 0 Å². The van der Waals surface area contributed by atoms with Crippen molar-refractivity contribution in [2.75, 3.05) is 14.2 Å². The largest absolute Gasteiger partial charge is 0.422 e. The van der Waals surface area contributed by atoms with Crippen LogP contribution in [0, 0.1) is 18.3 Å². The molecule has 1 heterocycles. The van der Waals surface area contributed by atoms with Crippen molar-refractivity contribution in [2.45, 2.75) is 6.92 Å². The van der Waals surface area contributed by atoms with Crippen LogP contribution < -0.4 is 4.52 Å². The topological polar surface area (TPSA) is 51.5 Å². The molecule has 15 heavy (non-hydrogen) atoms. The summed E-state index contributed by atoms with van der Waals surface area (Å²) in [6.45, 7) is -0.851. The summed E-state index contributed by atoms with van der Waals surface area (Å²) in [5.41, 5.74) is 0. The molecule has 0 aliphatic carbocycles. The second-order valence-corrected chi connectivity index (χ2v) is 6.97. The lowest BCUT2D eigenvalue weighted by Gasteiger charge is -2.17. The van der Waals surface area contributed by atoms with Gasteiger partial charge >= 0.3 is 6.72 Å². The number of aryl methyl sites for hydroxylation is 1. The Morgan fingerprint density at radius 1 is 1.47 bits per heavy atom. The Morgan fingerprint density at radius 2 is 2.07 bits per heavy atom. The molecule has 0 unspecified atom stereocenters. The van der Waals surface area contributed by atoms with Gasteiger partial charge in [0.15, 0.2) is 5.75 Å². The van der Waals surface area contributed by atoms with Gasteiger partial charge in [-0.15, -0.1) is 11.3 Å². The molecule has 0 bridgehead atoms. The quantitative estimate of drug-likeness (QED) is 0.782. The van der Waals surface area contributed by atoms with Crippen molar-refractivity contribution in [2.24, 2.45) is 0 Å². The van der Waals surface area contributed by atoms with Crippen LogP contribution in [0.15, 0.2) is 6.07 Å². The van der Waals surface area contributed by atoms with Gasteiger partial charge in [0.1, 0.15) is 10.9 Å². The molecule has 0 saturated carbocycles. The lowest BCUT2D eigenvalue weighted by Crippen LogP contribution is -1.96. The molecule has 0 saturated heterocycles.